The van der Waals surface area contributed by atoms with E-state index in [2.05, 4.69) is 11.1 Å². The van der Waals surface area contributed by atoms with Gasteiger partial charge < -0.3 is 5.73 Å². The fourth-order valence-electron chi connectivity index (χ4n) is 1.83. The Bertz CT molecular complexity index is 526. The summed E-state index contributed by atoms with van der Waals surface area (Å²) in [5.74, 6) is 0.689. The number of rotatable bonds is 2. The maximum absolute atomic E-state index is 7.96. The van der Waals surface area contributed by atoms with Crippen LogP contribution in [0.2, 0.25) is 0 Å². The van der Waals surface area contributed by atoms with Crippen molar-refractivity contribution in [2.45, 2.75) is 13.3 Å². The number of nitrogens with one attached hydrogen (secondary N) is 1. The smallest absolute Gasteiger partial charge is 0.153 e. The predicted molar refractivity (Wildman–Crippen MR) is 75.9 cm³/mol. The molecule has 2 rings (SSSR count). The van der Waals surface area contributed by atoms with Crippen LogP contribution in [0.25, 0.3) is 0 Å². The Hall–Kier alpha value is -2.16. The molecule has 3 N–H and O–H groups in total. The highest BCUT2D eigenvalue weighted by Crippen LogP contribution is 2.27. The summed E-state index contributed by atoms with van der Waals surface area (Å²) >= 11 is 0. The van der Waals surface area contributed by atoms with Gasteiger partial charge in [-0.05, 0) is 13.3 Å². The van der Waals surface area contributed by atoms with E-state index in [1.807, 2.05) is 55.5 Å². The molecule has 0 bridgehead atoms. The van der Waals surface area contributed by atoms with Crippen LogP contribution in [0.5, 0.6) is 0 Å². The Morgan fingerprint density at radius 1 is 1.28 bits per heavy atom. The van der Waals surface area contributed by atoms with Gasteiger partial charge in [-0.1, -0.05) is 54.6 Å². The molecule has 0 fully saturated rings. The average molecular weight is 239 g/mol. The van der Waals surface area contributed by atoms with Gasteiger partial charge in [0, 0.05) is 11.0 Å². The maximum atomic E-state index is 7.96. The third-order valence-electron chi connectivity index (χ3n) is 3.12. The maximum Gasteiger partial charge on any atom is 0.153 e. The molecule has 1 aromatic rings. The van der Waals surface area contributed by atoms with E-state index in [4.69, 9.17) is 11.1 Å². The van der Waals surface area contributed by atoms with E-state index in [1.165, 1.54) is 0 Å². The van der Waals surface area contributed by atoms with Gasteiger partial charge in [-0.15, -0.1) is 0 Å². The zero-order valence-electron chi connectivity index (χ0n) is 10.4. The molecule has 1 unspecified atom stereocenters. The lowest BCUT2D eigenvalue weighted by atomic mass is 9.82. The molecule has 0 aromatic heterocycles. The lowest BCUT2D eigenvalue weighted by Crippen LogP contribution is -2.34. The topological polar surface area (TPSA) is 62.2 Å². The Morgan fingerprint density at radius 3 is 2.61 bits per heavy atom. The Balaban J connectivity index is 2.21. The standard InChI is InChI=1S/C15H17N3/c1-15(10-6-3-7-11-15)14(17)18-13(16)12-8-4-2-5-9-12/h2-10H,11H2,1H3,(H3,16,17,18). The molecule has 1 aliphatic carbocycles. The first-order valence-corrected chi connectivity index (χ1v) is 5.95. The lowest BCUT2D eigenvalue weighted by molar-refractivity contribution is 0.596. The first kappa shape index (κ1) is 12.3. The van der Waals surface area contributed by atoms with Crippen LogP contribution in [-0.4, -0.2) is 11.7 Å². The van der Waals surface area contributed by atoms with Crippen LogP contribution in [0, 0.1) is 10.8 Å². The van der Waals surface area contributed by atoms with Gasteiger partial charge in [-0.25, -0.2) is 4.99 Å². The van der Waals surface area contributed by atoms with Gasteiger partial charge in [0.25, 0.3) is 0 Å². The number of aliphatic imine (C=N–C) groups is 1. The van der Waals surface area contributed by atoms with E-state index < -0.39 is 0 Å². The van der Waals surface area contributed by atoms with Gasteiger partial charge in [0.2, 0.25) is 0 Å². The van der Waals surface area contributed by atoms with Crippen LogP contribution in [0.15, 0.2) is 59.6 Å². The summed E-state index contributed by atoms with van der Waals surface area (Å²) in [5.41, 5.74) is 6.54. The molecular formula is C15H17N3. The molecular weight excluding hydrogens is 222 g/mol. The van der Waals surface area contributed by atoms with Gasteiger partial charge in [0.15, 0.2) is 5.84 Å². The first-order chi connectivity index (χ1) is 8.62. The molecule has 1 aliphatic rings. The molecule has 3 nitrogen and oxygen atoms in total. The number of hydrogen-bond donors (Lipinski definition) is 2. The lowest BCUT2D eigenvalue weighted by Gasteiger charge is -2.25. The third-order valence-corrected chi connectivity index (χ3v) is 3.12. The van der Waals surface area contributed by atoms with Crippen molar-refractivity contribution in [3.63, 3.8) is 0 Å². The van der Waals surface area contributed by atoms with Crippen LogP contribution in [0.3, 0.4) is 0 Å². The van der Waals surface area contributed by atoms with E-state index in [1.54, 1.807) is 0 Å². The van der Waals surface area contributed by atoms with Crippen molar-refractivity contribution >= 4 is 11.7 Å². The number of benzene rings is 1. The van der Waals surface area contributed by atoms with Crippen molar-refractivity contribution in [3.8, 4) is 0 Å². The van der Waals surface area contributed by atoms with E-state index >= 15 is 0 Å². The zero-order chi connectivity index (χ0) is 13.0. The van der Waals surface area contributed by atoms with Crippen molar-refractivity contribution in [2.75, 3.05) is 0 Å². The largest absolute Gasteiger partial charge is 0.386 e. The van der Waals surface area contributed by atoms with E-state index in [0.29, 0.717) is 5.84 Å². The van der Waals surface area contributed by atoms with Crippen molar-refractivity contribution in [2.24, 2.45) is 16.1 Å². The summed E-state index contributed by atoms with van der Waals surface area (Å²) < 4.78 is 0. The van der Waals surface area contributed by atoms with Gasteiger partial charge in [-0.2, -0.15) is 0 Å². The molecule has 92 valence electrons. The minimum absolute atomic E-state index is 0.206. The molecule has 0 aliphatic heterocycles. The molecule has 18 heavy (non-hydrogen) atoms. The summed E-state index contributed by atoms with van der Waals surface area (Å²) in [6, 6.07) is 9.41. The predicted octanol–water partition coefficient (Wildman–Crippen LogP) is 2.89. The van der Waals surface area contributed by atoms with Gasteiger partial charge >= 0.3 is 0 Å². The molecule has 1 atom stereocenters. The highest BCUT2D eigenvalue weighted by molar-refractivity contribution is 6.06. The minimum atomic E-state index is -0.282. The van der Waals surface area contributed by atoms with E-state index in [9.17, 15) is 0 Å². The van der Waals surface area contributed by atoms with Gasteiger partial charge in [0.05, 0.1) is 0 Å². The van der Waals surface area contributed by atoms with Crippen LogP contribution >= 0.6 is 0 Å². The van der Waals surface area contributed by atoms with Crippen LogP contribution in [-0.2, 0) is 0 Å². The van der Waals surface area contributed by atoms with Crippen molar-refractivity contribution in [3.05, 3.63) is 60.2 Å². The Labute approximate surface area is 107 Å². The van der Waals surface area contributed by atoms with Crippen LogP contribution in [0.1, 0.15) is 18.9 Å². The van der Waals surface area contributed by atoms with E-state index in [-0.39, 0.29) is 11.3 Å². The number of hydrogen-bond acceptors (Lipinski definition) is 1. The molecule has 0 amide bonds. The second-order valence-electron chi connectivity index (χ2n) is 4.62. The number of nitrogens with zero attached hydrogens (tertiary/aromatic N) is 1. The Kier molecular flexibility index (Phi) is 3.42. The molecule has 0 spiro atoms. The van der Waals surface area contributed by atoms with Crippen LogP contribution < -0.4 is 5.73 Å². The quantitative estimate of drug-likeness (QED) is 0.605. The summed E-state index contributed by atoms with van der Waals surface area (Å²) in [6.07, 6.45) is 8.88. The van der Waals surface area contributed by atoms with Crippen molar-refractivity contribution in [1.82, 2.24) is 0 Å². The van der Waals surface area contributed by atoms with Crippen LogP contribution in [0.4, 0.5) is 0 Å². The normalized spacial score (nSPS) is 23.1. The Morgan fingerprint density at radius 2 is 2.00 bits per heavy atom. The third kappa shape index (κ3) is 2.56. The average Bonchev–Trinajstić information content (AvgIpc) is 2.40. The fraction of sp³-hybridized carbons (Fsp3) is 0.200. The highest BCUT2D eigenvalue weighted by Gasteiger charge is 2.26. The number of nitrogens with two attached hydrogens (primary N) is 1. The van der Waals surface area contributed by atoms with E-state index in [0.717, 1.165) is 12.0 Å². The molecule has 1 aromatic carbocycles. The monoisotopic (exact) mass is 239 g/mol. The van der Waals surface area contributed by atoms with Gasteiger partial charge in [0.1, 0.15) is 5.84 Å². The second kappa shape index (κ2) is 5.00. The summed E-state index contributed by atoms with van der Waals surface area (Å²) in [6.45, 7) is 2.03. The molecule has 0 saturated carbocycles. The molecule has 0 radical (unpaired) electrons. The van der Waals surface area contributed by atoms with Crippen molar-refractivity contribution < 1.29 is 0 Å². The minimum Gasteiger partial charge on any atom is -0.386 e. The fourth-order valence-corrected chi connectivity index (χ4v) is 1.83. The highest BCUT2D eigenvalue weighted by atomic mass is 14.9. The first-order valence-electron chi connectivity index (χ1n) is 5.95. The number of amidine groups is 2. The molecule has 3 heteroatoms. The number of allylic oxidation sites excluding steroid dienone is 3. The van der Waals surface area contributed by atoms with Gasteiger partial charge in [-0.3, -0.25) is 5.41 Å². The summed E-state index contributed by atoms with van der Waals surface area (Å²) in [7, 11) is 0. The summed E-state index contributed by atoms with van der Waals surface area (Å²) in [4.78, 5) is 4.24. The second-order valence-corrected chi connectivity index (χ2v) is 4.62. The zero-order valence-corrected chi connectivity index (χ0v) is 10.4. The molecule has 0 saturated heterocycles. The molecule has 0 heterocycles. The SMILES string of the molecule is CC1(C(N)=NC(=N)c2ccccc2)C=CC=CC1. The van der Waals surface area contributed by atoms with Crippen molar-refractivity contribution in [1.29, 1.82) is 5.41 Å². The summed E-state index contributed by atoms with van der Waals surface area (Å²) in [5, 5.41) is 7.96.